The molecule has 2 aliphatic heterocycles. The van der Waals surface area contributed by atoms with Gasteiger partial charge in [-0.3, -0.25) is 0 Å². The Morgan fingerprint density at radius 2 is 1.92 bits per heavy atom. The van der Waals surface area contributed by atoms with Gasteiger partial charge in [0.25, 0.3) is 0 Å². The number of nitrogens with one attached hydrogen (secondary N) is 1. The first-order valence-electron chi connectivity index (χ1n) is 5.40. The van der Waals surface area contributed by atoms with Gasteiger partial charge in [0.15, 0.2) is 0 Å². The van der Waals surface area contributed by atoms with E-state index >= 15 is 0 Å². The molecule has 2 heteroatoms. The van der Waals surface area contributed by atoms with Crippen molar-refractivity contribution in [2.45, 2.75) is 26.8 Å². The van der Waals surface area contributed by atoms with Crippen molar-refractivity contribution in [1.29, 1.82) is 0 Å². The van der Waals surface area contributed by atoms with E-state index in [4.69, 9.17) is 0 Å². The van der Waals surface area contributed by atoms with E-state index in [0.717, 1.165) is 17.9 Å². The summed E-state index contributed by atoms with van der Waals surface area (Å²) in [6.45, 7) is 10.9. The lowest BCUT2D eigenvalue weighted by atomic mass is 9.78. The molecule has 0 unspecified atom stereocenters. The van der Waals surface area contributed by atoms with Gasteiger partial charge < -0.3 is 10.2 Å². The summed E-state index contributed by atoms with van der Waals surface area (Å²) in [7, 11) is 2.25. The van der Waals surface area contributed by atoms with Crippen molar-refractivity contribution in [3.63, 3.8) is 0 Å². The zero-order chi connectivity index (χ0) is 9.64. The second kappa shape index (κ2) is 2.96. The average Bonchev–Trinajstić information content (AvgIpc) is 2.41. The number of hydrogen-bond acceptors (Lipinski definition) is 2. The van der Waals surface area contributed by atoms with Crippen molar-refractivity contribution in [2.75, 3.05) is 26.7 Å². The first-order chi connectivity index (χ1) is 5.98. The lowest BCUT2D eigenvalue weighted by molar-refractivity contribution is 0.226. The molecule has 76 valence electrons. The summed E-state index contributed by atoms with van der Waals surface area (Å²) in [6.07, 6.45) is 0. The monoisotopic (exact) mass is 182 g/mol. The highest BCUT2D eigenvalue weighted by atomic mass is 15.2. The molecule has 0 spiro atoms. The molecule has 1 N–H and O–H groups in total. The van der Waals surface area contributed by atoms with Gasteiger partial charge in [-0.1, -0.05) is 20.8 Å². The Balaban J connectivity index is 2.09. The topological polar surface area (TPSA) is 15.3 Å². The lowest BCUT2D eigenvalue weighted by Crippen LogP contribution is -2.41. The molecule has 3 atom stereocenters. The maximum Gasteiger partial charge on any atom is 0.0160 e. The molecule has 2 rings (SSSR count). The minimum Gasteiger partial charge on any atom is -0.313 e. The third kappa shape index (κ3) is 1.62. The van der Waals surface area contributed by atoms with Crippen LogP contribution in [0.25, 0.3) is 0 Å². The highest BCUT2D eigenvalue weighted by molar-refractivity contribution is 5.01. The average molecular weight is 182 g/mol. The number of fused-ring (bicyclic) bond motifs is 1. The van der Waals surface area contributed by atoms with Gasteiger partial charge >= 0.3 is 0 Å². The van der Waals surface area contributed by atoms with Crippen LogP contribution in [0.5, 0.6) is 0 Å². The minimum atomic E-state index is 0.421. The van der Waals surface area contributed by atoms with Crippen LogP contribution in [0.4, 0.5) is 0 Å². The normalized spacial score (nSPS) is 41.1. The van der Waals surface area contributed by atoms with Gasteiger partial charge in [-0.25, -0.2) is 0 Å². The van der Waals surface area contributed by atoms with Gasteiger partial charge in [0.1, 0.15) is 0 Å². The Labute approximate surface area is 81.7 Å². The molecule has 0 aliphatic carbocycles. The molecular weight excluding hydrogens is 160 g/mol. The second-order valence-electron chi connectivity index (χ2n) is 5.90. The van der Waals surface area contributed by atoms with E-state index in [-0.39, 0.29) is 0 Å². The molecule has 0 amide bonds. The molecule has 0 aromatic carbocycles. The first kappa shape index (κ1) is 9.47. The summed E-state index contributed by atoms with van der Waals surface area (Å²) in [6, 6.07) is 0.724. The van der Waals surface area contributed by atoms with E-state index in [0.29, 0.717) is 5.41 Å². The van der Waals surface area contributed by atoms with Crippen molar-refractivity contribution in [1.82, 2.24) is 10.2 Å². The first-order valence-corrected chi connectivity index (χ1v) is 5.40. The van der Waals surface area contributed by atoms with E-state index in [1.165, 1.54) is 19.6 Å². The molecule has 0 aromatic heterocycles. The maximum atomic E-state index is 3.69. The van der Waals surface area contributed by atoms with Crippen LogP contribution in [0.1, 0.15) is 20.8 Å². The van der Waals surface area contributed by atoms with E-state index in [9.17, 15) is 0 Å². The number of hydrogen-bond donors (Lipinski definition) is 1. The smallest absolute Gasteiger partial charge is 0.0160 e. The number of nitrogens with zero attached hydrogens (tertiary/aromatic N) is 1. The van der Waals surface area contributed by atoms with Gasteiger partial charge in [-0.15, -0.1) is 0 Å². The summed E-state index contributed by atoms with van der Waals surface area (Å²) in [5.74, 6) is 1.80. The van der Waals surface area contributed by atoms with Crippen molar-refractivity contribution >= 4 is 0 Å². The van der Waals surface area contributed by atoms with Crippen molar-refractivity contribution < 1.29 is 0 Å². The Morgan fingerprint density at radius 3 is 2.54 bits per heavy atom. The predicted molar refractivity (Wildman–Crippen MR) is 55.7 cm³/mol. The molecule has 2 aliphatic rings. The minimum absolute atomic E-state index is 0.421. The zero-order valence-corrected chi connectivity index (χ0v) is 9.30. The predicted octanol–water partition coefficient (Wildman–Crippen LogP) is 1.18. The second-order valence-corrected chi connectivity index (χ2v) is 5.90. The third-order valence-electron chi connectivity index (χ3n) is 3.64. The van der Waals surface area contributed by atoms with Crippen LogP contribution in [-0.2, 0) is 0 Å². The molecule has 0 radical (unpaired) electrons. The van der Waals surface area contributed by atoms with Crippen LogP contribution < -0.4 is 5.32 Å². The summed E-state index contributed by atoms with van der Waals surface area (Å²) in [5.41, 5.74) is 0.421. The molecule has 0 aromatic rings. The van der Waals surface area contributed by atoms with E-state index in [2.05, 4.69) is 38.0 Å². The quantitative estimate of drug-likeness (QED) is 0.605. The standard InChI is InChI=1S/C11H22N2/c1-11(2,3)10-9-7-13(4)6-8(9)5-12-10/h8-10,12H,5-7H2,1-4H3/t8-,9-,10-/m0/s1. The summed E-state index contributed by atoms with van der Waals surface area (Å²) >= 11 is 0. The van der Waals surface area contributed by atoms with Gasteiger partial charge in [0.2, 0.25) is 0 Å². The van der Waals surface area contributed by atoms with E-state index < -0.39 is 0 Å². The van der Waals surface area contributed by atoms with Crippen molar-refractivity contribution in [2.24, 2.45) is 17.3 Å². The Bertz CT molecular complexity index is 195. The van der Waals surface area contributed by atoms with Crippen molar-refractivity contribution in [3.8, 4) is 0 Å². The van der Waals surface area contributed by atoms with Gasteiger partial charge in [-0.05, 0) is 30.8 Å². The molecule has 2 nitrogen and oxygen atoms in total. The van der Waals surface area contributed by atoms with Crippen LogP contribution in [-0.4, -0.2) is 37.6 Å². The van der Waals surface area contributed by atoms with Crippen LogP contribution in [0.2, 0.25) is 0 Å². The zero-order valence-electron chi connectivity index (χ0n) is 9.30. The molecule has 0 saturated carbocycles. The van der Waals surface area contributed by atoms with Crippen LogP contribution in [0.15, 0.2) is 0 Å². The summed E-state index contributed by atoms with van der Waals surface area (Å²) in [4.78, 5) is 2.48. The lowest BCUT2D eigenvalue weighted by Gasteiger charge is -2.32. The van der Waals surface area contributed by atoms with E-state index in [1.807, 2.05) is 0 Å². The highest BCUT2D eigenvalue weighted by Gasteiger charge is 2.45. The van der Waals surface area contributed by atoms with Gasteiger partial charge in [0, 0.05) is 19.1 Å². The van der Waals surface area contributed by atoms with Crippen molar-refractivity contribution in [3.05, 3.63) is 0 Å². The molecule has 13 heavy (non-hydrogen) atoms. The molecule has 2 heterocycles. The molecule has 2 saturated heterocycles. The summed E-state index contributed by atoms with van der Waals surface area (Å²) < 4.78 is 0. The van der Waals surface area contributed by atoms with Gasteiger partial charge in [-0.2, -0.15) is 0 Å². The largest absolute Gasteiger partial charge is 0.313 e. The van der Waals surface area contributed by atoms with Gasteiger partial charge in [0.05, 0.1) is 0 Å². The number of rotatable bonds is 0. The van der Waals surface area contributed by atoms with Crippen LogP contribution in [0, 0.1) is 17.3 Å². The van der Waals surface area contributed by atoms with Crippen LogP contribution >= 0.6 is 0 Å². The highest BCUT2D eigenvalue weighted by Crippen LogP contribution is 2.37. The molecular formula is C11H22N2. The number of likely N-dealkylation sites (tertiary alicyclic amines) is 1. The van der Waals surface area contributed by atoms with E-state index in [1.54, 1.807) is 0 Å². The Morgan fingerprint density at radius 1 is 1.23 bits per heavy atom. The fourth-order valence-corrected chi connectivity index (χ4v) is 3.09. The molecule has 0 bridgehead atoms. The molecule has 2 fully saturated rings. The Kier molecular flexibility index (Phi) is 2.16. The third-order valence-corrected chi connectivity index (χ3v) is 3.64. The summed E-state index contributed by atoms with van der Waals surface area (Å²) in [5, 5.41) is 3.69. The SMILES string of the molecule is CN1C[C@@H]2CN[C@H](C(C)(C)C)[C@H]2C1. The maximum absolute atomic E-state index is 3.69. The fraction of sp³-hybridized carbons (Fsp3) is 1.00. The Hall–Kier alpha value is -0.0800. The fourth-order valence-electron chi connectivity index (χ4n) is 3.09. The van der Waals surface area contributed by atoms with Crippen LogP contribution in [0.3, 0.4) is 0 Å².